The van der Waals surface area contributed by atoms with Crippen LogP contribution in [-0.4, -0.2) is 61.5 Å². The van der Waals surface area contributed by atoms with Crippen molar-refractivity contribution in [2.24, 2.45) is 5.41 Å². The van der Waals surface area contributed by atoms with Gasteiger partial charge >= 0.3 is 0 Å². The molecule has 1 saturated carbocycles. The van der Waals surface area contributed by atoms with E-state index in [2.05, 4.69) is 24.1 Å². The Bertz CT molecular complexity index is 261. The van der Waals surface area contributed by atoms with Crippen LogP contribution in [0, 0.1) is 5.41 Å². The second-order valence-corrected chi connectivity index (χ2v) is 6.62. The Balaban J connectivity index is 1.94. The summed E-state index contributed by atoms with van der Waals surface area (Å²) < 4.78 is 5.77. The van der Waals surface area contributed by atoms with Gasteiger partial charge in [-0.1, -0.05) is 13.8 Å². The van der Waals surface area contributed by atoms with Crippen LogP contribution in [0.4, 0.5) is 0 Å². The number of ether oxygens (including phenoxy) is 1. The van der Waals surface area contributed by atoms with Crippen LogP contribution < -0.4 is 5.32 Å². The molecule has 0 amide bonds. The SMILES string of the molecule is CC(C)NCC1(CN(CCO)C2CC2)CCCOC1. The maximum atomic E-state index is 9.26. The molecule has 0 spiro atoms. The van der Waals surface area contributed by atoms with Gasteiger partial charge in [-0.3, -0.25) is 4.90 Å². The third-order valence-corrected chi connectivity index (χ3v) is 4.28. The van der Waals surface area contributed by atoms with Crippen molar-refractivity contribution in [3.05, 3.63) is 0 Å². The van der Waals surface area contributed by atoms with E-state index in [1.165, 1.54) is 19.3 Å². The summed E-state index contributed by atoms with van der Waals surface area (Å²) in [4.78, 5) is 2.48. The third kappa shape index (κ3) is 4.71. The summed E-state index contributed by atoms with van der Waals surface area (Å²) >= 11 is 0. The van der Waals surface area contributed by atoms with Gasteiger partial charge in [0.1, 0.15) is 0 Å². The van der Waals surface area contributed by atoms with Crippen molar-refractivity contribution in [3.8, 4) is 0 Å². The number of hydrogen-bond acceptors (Lipinski definition) is 4. The van der Waals surface area contributed by atoms with Gasteiger partial charge in [-0.05, 0) is 25.7 Å². The average molecular weight is 270 g/mol. The zero-order valence-corrected chi connectivity index (χ0v) is 12.5. The Morgan fingerprint density at radius 2 is 2.21 bits per heavy atom. The van der Waals surface area contributed by atoms with Crippen molar-refractivity contribution in [2.45, 2.75) is 51.6 Å². The first-order chi connectivity index (χ1) is 9.15. The van der Waals surface area contributed by atoms with E-state index in [0.717, 1.165) is 39.3 Å². The van der Waals surface area contributed by atoms with Gasteiger partial charge in [-0.2, -0.15) is 0 Å². The molecule has 1 atom stereocenters. The van der Waals surface area contributed by atoms with Crippen LogP contribution in [0.15, 0.2) is 0 Å². The van der Waals surface area contributed by atoms with Gasteiger partial charge in [0.05, 0.1) is 13.2 Å². The average Bonchev–Trinajstić information content (AvgIpc) is 3.22. The Morgan fingerprint density at radius 1 is 1.42 bits per heavy atom. The molecule has 1 saturated heterocycles. The monoisotopic (exact) mass is 270 g/mol. The van der Waals surface area contributed by atoms with E-state index >= 15 is 0 Å². The van der Waals surface area contributed by atoms with Crippen molar-refractivity contribution >= 4 is 0 Å². The van der Waals surface area contributed by atoms with Gasteiger partial charge in [0.25, 0.3) is 0 Å². The largest absolute Gasteiger partial charge is 0.395 e. The molecule has 1 unspecified atom stereocenters. The van der Waals surface area contributed by atoms with Crippen molar-refractivity contribution in [1.29, 1.82) is 0 Å². The van der Waals surface area contributed by atoms with E-state index in [0.29, 0.717) is 12.1 Å². The molecule has 4 heteroatoms. The lowest BCUT2D eigenvalue weighted by molar-refractivity contribution is -0.0302. The summed E-state index contributed by atoms with van der Waals surface area (Å²) in [5.74, 6) is 0. The molecule has 1 heterocycles. The molecule has 0 bridgehead atoms. The zero-order chi connectivity index (χ0) is 13.7. The molecular weight excluding hydrogens is 240 g/mol. The molecule has 1 aliphatic heterocycles. The van der Waals surface area contributed by atoms with Crippen molar-refractivity contribution in [1.82, 2.24) is 10.2 Å². The molecule has 0 aromatic carbocycles. The summed E-state index contributed by atoms with van der Waals surface area (Å²) in [6.45, 7) is 9.35. The first kappa shape index (κ1) is 15.2. The second kappa shape index (κ2) is 7.02. The van der Waals surface area contributed by atoms with Gasteiger partial charge in [0, 0.05) is 43.7 Å². The lowest BCUT2D eigenvalue weighted by Gasteiger charge is -2.41. The number of aliphatic hydroxyl groups is 1. The Morgan fingerprint density at radius 3 is 2.74 bits per heavy atom. The molecule has 0 aromatic heterocycles. The Hall–Kier alpha value is -0.160. The third-order valence-electron chi connectivity index (χ3n) is 4.28. The highest BCUT2D eigenvalue weighted by molar-refractivity contribution is 4.93. The van der Waals surface area contributed by atoms with Crippen LogP contribution in [0.5, 0.6) is 0 Å². The van der Waals surface area contributed by atoms with Crippen LogP contribution in [-0.2, 0) is 4.74 Å². The molecule has 2 rings (SSSR count). The van der Waals surface area contributed by atoms with Crippen molar-refractivity contribution < 1.29 is 9.84 Å². The van der Waals surface area contributed by atoms with E-state index in [4.69, 9.17) is 4.74 Å². The molecule has 2 fully saturated rings. The van der Waals surface area contributed by atoms with Gasteiger partial charge in [0.15, 0.2) is 0 Å². The molecular formula is C15H30N2O2. The van der Waals surface area contributed by atoms with Crippen LogP contribution >= 0.6 is 0 Å². The van der Waals surface area contributed by atoms with E-state index in [9.17, 15) is 5.11 Å². The standard InChI is InChI=1S/C15H30N2O2/c1-13(2)16-10-15(6-3-9-19-12-15)11-17(7-8-18)14-4-5-14/h13-14,16,18H,3-12H2,1-2H3. The van der Waals surface area contributed by atoms with Crippen LogP contribution in [0.2, 0.25) is 0 Å². The van der Waals surface area contributed by atoms with Crippen LogP contribution in [0.1, 0.15) is 39.5 Å². The molecule has 2 aliphatic rings. The summed E-state index contributed by atoms with van der Waals surface area (Å²) in [5.41, 5.74) is 0.236. The lowest BCUT2D eigenvalue weighted by Crippen LogP contribution is -2.51. The highest BCUT2D eigenvalue weighted by atomic mass is 16.5. The fraction of sp³-hybridized carbons (Fsp3) is 1.00. The smallest absolute Gasteiger partial charge is 0.0558 e. The highest BCUT2D eigenvalue weighted by Gasteiger charge is 2.38. The number of nitrogens with zero attached hydrogens (tertiary/aromatic N) is 1. The van der Waals surface area contributed by atoms with Crippen molar-refractivity contribution in [3.63, 3.8) is 0 Å². The normalized spacial score (nSPS) is 28.3. The van der Waals surface area contributed by atoms with E-state index < -0.39 is 0 Å². The first-order valence-corrected chi connectivity index (χ1v) is 7.81. The molecule has 1 aliphatic carbocycles. The number of aliphatic hydroxyl groups excluding tert-OH is 1. The number of nitrogens with one attached hydrogen (secondary N) is 1. The van der Waals surface area contributed by atoms with Crippen molar-refractivity contribution in [2.75, 3.05) is 39.5 Å². The highest BCUT2D eigenvalue weighted by Crippen LogP contribution is 2.34. The first-order valence-electron chi connectivity index (χ1n) is 7.81. The zero-order valence-electron chi connectivity index (χ0n) is 12.5. The predicted octanol–water partition coefficient (Wildman–Crippen LogP) is 1.24. The maximum absolute atomic E-state index is 9.26. The predicted molar refractivity (Wildman–Crippen MR) is 77.3 cm³/mol. The van der Waals surface area contributed by atoms with Crippen LogP contribution in [0.3, 0.4) is 0 Å². The molecule has 0 aromatic rings. The van der Waals surface area contributed by atoms with Gasteiger partial charge in [0.2, 0.25) is 0 Å². The van der Waals surface area contributed by atoms with E-state index in [-0.39, 0.29) is 12.0 Å². The minimum absolute atomic E-state index is 0.236. The second-order valence-electron chi connectivity index (χ2n) is 6.62. The summed E-state index contributed by atoms with van der Waals surface area (Å²) in [6, 6.07) is 1.23. The lowest BCUT2D eigenvalue weighted by atomic mass is 9.81. The Labute approximate surface area is 117 Å². The van der Waals surface area contributed by atoms with Gasteiger partial charge in [-0.25, -0.2) is 0 Å². The minimum atomic E-state index is 0.236. The fourth-order valence-electron chi connectivity index (χ4n) is 3.04. The maximum Gasteiger partial charge on any atom is 0.0558 e. The van der Waals surface area contributed by atoms with Crippen LogP contribution in [0.25, 0.3) is 0 Å². The molecule has 0 radical (unpaired) electrons. The van der Waals surface area contributed by atoms with Gasteiger partial charge < -0.3 is 15.2 Å². The summed E-state index contributed by atoms with van der Waals surface area (Å²) in [5, 5.41) is 12.9. The summed E-state index contributed by atoms with van der Waals surface area (Å²) in [6.07, 6.45) is 5.00. The topological polar surface area (TPSA) is 44.7 Å². The molecule has 19 heavy (non-hydrogen) atoms. The van der Waals surface area contributed by atoms with E-state index in [1.807, 2.05) is 0 Å². The number of hydrogen-bond donors (Lipinski definition) is 2. The van der Waals surface area contributed by atoms with E-state index in [1.54, 1.807) is 0 Å². The molecule has 4 nitrogen and oxygen atoms in total. The Kier molecular flexibility index (Phi) is 5.63. The molecule has 2 N–H and O–H groups in total. The van der Waals surface area contributed by atoms with Gasteiger partial charge in [-0.15, -0.1) is 0 Å². The quantitative estimate of drug-likeness (QED) is 0.696. The minimum Gasteiger partial charge on any atom is -0.395 e. The fourth-order valence-corrected chi connectivity index (χ4v) is 3.04. The summed E-state index contributed by atoms with van der Waals surface area (Å²) in [7, 11) is 0. The molecule has 112 valence electrons. The number of rotatable bonds is 8.